The maximum atomic E-state index is 4.70. The molecule has 128 valence electrons. The van der Waals surface area contributed by atoms with Crippen LogP contribution >= 0.6 is 0 Å². The first-order valence-electron chi connectivity index (χ1n) is 8.49. The van der Waals surface area contributed by atoms with Crippen LogP contribution in [-0.4, -0.2) is 21.5 Å². The lowest BCUT2D eigenvalue weighted by molar-refractivity contribution is 0.945. The zero-order valence-corrected chi connectivity index (χ0v) is 14.9. The number of nitrogens with one attached hydrogen (secondary N) is 1. The van der Waals surface area contributed by atoms with Gasteiger partial charge in [0.05, 0.1) is 12.2 Å². The van der Waals surface area contributed by atoms with Gasteiger partial charge in [0.2, 0.25) is 5.95 Å². The Bertz CT molecular complexity index is 832. The van der Waals surface area contributed by atoms with E-state index in [0.29, 0.717) is 12.5 Å². The van der Waals surface area contributed by atoms with Crippen LogP contribution in [0.4, 0.5) is 17.5 Å². The predicted molar refractivity (Wildman–Crippen MR) is 102 cm³/mol. The minimum atomic E-state index is 0.598. The Morgan fingerprint density at radius 1 is 1.00 bits per heavy atom. The van der Waals surface area contributed by atoms with E-state index < -0.39 is 0 Å². The fourth-order valence-corrected chi connectivity index (χ4v) is 2.71. The molecule has 1 aromatic carbocycles. The lowest BCUT2D eigenvalue weighted by Gasteiger charge is -2.23. The Morgan fingerprint density at radius 2 is 1.88 bits per heavy atom. The van der Waals surface area contributed by atoms with Gasteiger partial charge in [0, 0.05) is 30.2 Å². The Balaban J connectivity index is 1.84. The first-order chi connectivity index (χ1) is 12.2. The highest BCUT2D eigenvalue weighted by Crippen LogP contribution is 2.25. The van der Waals surface area contributed by atoms with Gasteiger partial charge in [-0.3, -0.25) is 4.98 Å². The van der Waals surface area contributed by atoms with Gasteiger partial charge in [0.25, 0.3) is 0 Å². The summed E-state index contributed by atoms with van der Waals surface area (Å²) >= 11 is 0. The number of hydrogen-bond donors (Lipinski definition) is 1. The Kier molecular flexibility index (Phi) is 5.23. The van der Waals surface area contributed by atoms with E-state index in [4.69, 9.17) is 4.98 Å². The van der Waals surface area contributed by atoms with Gasteiger partial charge in [0.1, 0.15) is 5.82 Å². The molecule has 0 radical (unpaired) electrons. The summed E-state index contributed by atoms with van der Waals surface area (Å²) in [6, 6.07) is 16.3. The van der Waals surface area contributed by atoms with Crippen LogP contribution in [0.2, 0.25) is 0 Å². The fourth-order valence-electron chi connectivity index (χ4n) is 2.71. The van der Waals surface area contributed by atoms with Crippen molar-refractivity contribution in [2.75, 3.05) is 16.8 Å². The normalized spacial score (nSPS) is 10.5. The first-order valence-corrected chi connectivity index (χ1v) is 8.49. The summed E-state index contributed by atoms with van der Waals surface area (Å²) < 4.78 is 0. The average molecular weight is 333 g/mol. The van der Waals surface area contributed by atoms with Gasteiger partial charge in [-0.25, -0.2) is 4.98 Å². The van der Waals surface area contributed by atoms with Crippen LogP contribution < -0.4 is 10.2 Å². The molecule has 0 bridgehead atoms. The van der Waals surface area contributed by atoms with E-state index >= 15 is 0 Å². The third-order valence-electron chi connectivity index (χ3n) is 3.90. The lowest BCUT2D eigenvalue weighted by Crippen LogP contribution is -2.19. The molecule has 0 atom stereocenters. The number of pyridine rings is 1. The molecule has 5 nitrogen and oxygen atoms in total. The van der Waals surface area contributed by atoms with E-state index in [-0.39, 0.29) is 0 Å². The molecule has 0 aliphatic rings. The summed E-state index contributed by atoms with van der Waals surface area (Å²) in [6.45, 7) is 7.64. The Morgan fingerprint density at radius 3 is 2.60 bits per heavy atom. The van der Waals surface area contributed by atoms with Crippen molar-refractivity contribution >= 4 is 17.5 Å². The molecule has 0 saturated heterocycles. The van der Waals surface area contributed by atoms with E-state index in [1.807, 2.05) is 31.2 Å². The van der Waals surface area contributed by atoms with Gasteiger partial charge in [0.15, 0.2) is 0 Å². The zero-order valence-electron chi connectivity index (χ0n) is 14.9. The minimum absolute atomic E-state index is 0.598. The summed E-state index contributed by atoms with van der Waals surface area (Å²) in [6.07, 6.45) is 1.79. The average Bonchev–Trinajstić information content (AvgIpc) is 2.61. The van der Waals surface area contributed by atoms with E-state index in [1.165, 1.54) is 5.56 Å². The number of hydrogen-bond acceptors (Lipinski definition) is 5. The topological polar surface area (TPSA) is 53.9 Å². The molecule has 0 amide bonds. The fraction of sp³-hybridized carbons (Fsp3) is 0.250. The molecular weight excluding hydrogens is 310 g/mol. The number of aryl methyl sites for hydroxylation is 2. The molecule has 2 heterocycles. The predicted octanol–water partition coefficient (Wildman–Crippen LogP) is 4.26. The first kappa shape index (κ1) is 16.9. The van der Waals surface area contributed by atoms with Gasteiger partial charge in [-0.15, -0.1) is 0 Å². The van der Waals surface area contributed by atoms with Crippen molar-refractivity contribution in [3.63, 3.8) is 0 Å². The van der Waals surface area contributed by atoms with Gasteiger partial charge >= 0.3 is 0 Å². The van der Waals surface area contributed by atoms with Crippen LogP contribution in [0.15, 0.2) is 54.7 Å². The molecule has 0 spiro atoms. The Labute approximate surface area is 148 Å². The minimum Gasteiger partial charge on any atom is -0.349 e. The largest absolute Gasteiger partial charge is 0.349 e. The highest BCUT2D eigenvalue weighted by atomic mass is 15.2. The summed E-state index contributed by atoms with van der Waals surface area (Å²) in [7, 11) is 0. The SMILES string of the molecule is CCN(c1cccc(C)c1)c1cc(C)nc(NCc2ccccn2)n1. The van der Waals surface area contributed by atoms with E-state index in [2.05, 4.69) is 58.3 Å². The van der Waals surface area contributed by atoms with E-state index in [0.717, 1.165) is 29.4 Å². The van der Waals surface area contributed by atoms with E-state index in [1.54, 1.807) is 6.20 Å². The van der Waals surface area contributed by atoms with Crippen LogP contribution in [0, 0.1) is 13.8 Å². The van der Waals surface area contributed by atoms with Crippen LogP contribution in [0.3, 0.4) is 0 Å². The smallest absolute Gasteiger partial charge is 0.225 e. The maximum Gasteiger partial charge on any atom is 0.225 e. The second-order valence-corrected chi connectivity index (χ2v) is 5.95. The number of nitrogens with zero attached hydrogens (tertiary/aromatic N) is 4. The molecule has 0 saturated carbocycles. The standard InChI is InChI=1S/C20H23N5/c1-4-25(18-10-7-8-15(2)12-18)19-13-16(3)23-20(24-19)22-14-17-9-5-6-11-21-17/h5-13H,4,14H2,1-3H3,(H,22,23,24). The quantitative estimate of drug-likeness (QED) is 0.730. The van der Waals surface area contributed by atoms with Crippen molar-refractivity contribution in [2.45, 2.75) is 27.3 Å². The second kappa shape index (κ2) is 7.75. The molecule has 1 N–H and O–H groups in total. The van der Waals surface area contributed by atoms with Crippen LogP contribution in [-0.2, 0) is 6.54 Å². The molecule has 0 fully saturated rings. The summed E-state index contributed by atoms with van der Waals surface area (Å²) in [5, 5.41) is 3.27. The summed E-state index contributed by atoms with van der Waals surface area (Å²) in [4.78, 5) is 15.7. The zero-order chi connectivity index (χ0) is 17.6. The van der Waals surface area contributed by atoms with Crippen LogP contribution in [0.5, 0.6) is 0 Å². The van der Waals surface area contributed by atoms with Crippen molar-refractivity contribution in [3.05, 3.63) is 71.7 Å². The molecule has 2 aromatic heterocycles. The van der Waals surface area contributed by atoms with Crippen LogP contribution in [0.1, 0.15) is 23.9 Å². The van der Waals surface area contributed by atoms with Gasteiger partial charge in [-0.1, -0.05) is 18.2 Å². The lowest BCUT2D eigenvalue weighted by atomic mass is 10.2. The third kappa shape index (κ3) is 4.32. The van der Waals surface area contributed by atoms with Crippen molar-refractivity contribution in [1.29, 1.82) is 0 Å². The highest BCUT2D eigenvalue weighted by molar-refractivity contribution is 5.61. The van der Waals surface area contributed by atoms with Gasteiger partial charge < -0.3 is 10.2 Å². The van der Waals surface area contributed by atoms with Crippen molar-refractivity contribution in [1.82, 2.24) is 15.0 Å². The molecule has 5 heteroatoms. The molecule has 3 rings (SSSR count). The van der Waals surface area contributed by atoms with E-state index in [9.17, 15) is 0 Å². The molecule has 25 heavy (non-hydrogen) atoms. The number of anilines is 3. The number of rotatable bonds is 6. The number of benzene rings is 1. The van der Waals surface area contributed by atoms with Gasteiger partial charge in [-0.2, -0.15) is 4.98 Å². The summed E-state index contributed by atoms with van der Waals surface area (Å²) in [5.74, 6) is 1.51. The van der Waals surface area contributed by atoms with Crippen LogP contribution in [0.25, 0.3) is 0 Å². The number of aromatic nitrogens is 3. The second-order valence-electron chi connectivity index (χ2n) is 5.95. The molecular formula is C20H23N5. The highest BCUT2D eigenvalue weighted by Gasteiger charge is 2.11. The third-order valence-corrected chi connectivity index (χ3v) is 3.90. The van der Waals surface area contributed by atoms with Crippen molar-refractivity contribution in [2.24, 2.45) is 0 Å². The molecule has 0 unspecified atom stereocenters. The molecule has 3 aromatic rings. The maximum absolute atomic E-state index is 4.70. The molecule has 0 aliphatic heterocycles. The summed E-state index contributed by atoms with van der Waals surface area (Å²) in [5.41, 5.74) is 4.26. The monoisotopic (exact) mass is 333 g/mol. The van der Waals surface area contributed by atoms with Crippen molar-refractivity contribution in [3.8, 4) is 0 Å². The Hall–Kier alpha value is -2.95. The molecule has 0 aliphatic carbocycles. The van der Waals surface area contributed by atoms with Crippen molar-refractivity contribution < 1.29 is 0 Å². The van der Waals surface area contributed by atoms with Gasteiger partial charge in [-0.05, 0) is 50.6 Å².